The molecule has 0 saturated carbocycles. The van der Waals surface area contributed by atoms with Gasteiger partial charge in [-0.3, -0.25) is 4.79 Å². The fourth-order valence-corrected chi connectivity index (χ4v) is 1.92. The van der Waals surface area contributed by atoms with E-state index in [1.807, 2.05) is 5.32 Å². The molecule has 1 N–H and O–H groups in total. The van der Waals surface area contributed by atoms with Crippen molar-refractivity contribution in [3.63, 3.8) is 0 Å². The van der Waals surface area contributed by atoms with E-state index in [0.29, 0.717) is 0 Å². The van der Waals surface area contributed by atoms with Crippen LogP contribution in [-0.2, 0) is 14.6 Å². The van der Waals surface area contributed by atoms with Gasteiger partial charge in [0.1, 0.15) is 0 Å². The summed E-state index contributed by atoms with van der Waals surface area (Å²) in [5.41, 5.74) is -0.143. The minimum absolute atomic E-state index is 0.143. The second kappa shape index (κ2) is 4.56. The molecule has 0 fully saturated rings. The van der Waals surface area contributed by atoms with Crippen molar-refractivity contribution in [1.29, 1.82) is 0 Å². The SMILES string of the molecule is CS(=O)(=O)c1ccccc1NC(=O)C(F)F. The van der Waals surface area contributed by atoms with Crippen molar-refractivity contribution in [3.05, 3.63) is 24.3 Å². The van der Waals surface area contributed by atoms with Gasteiger partial charge in [0.2, 0.25) is 0 Å². The molecule has 0 spiro atoms. The molecular formula is C9H9F2NO3S. The first-order valence-electron chi connectivity index (χ1n) is 4.20. The standard InChI is InChI=1S/C9H9F2NO3S/c1-16(14,15)7-5-3-2-4-6(7)12-9(13)8(10)11/h2-5,8H,1H3,(H,12,13). The highest BCUT2D eigenvalue weighted by molar-refractivity contribution is 7.90. The van der Waals surface area contributed by atoms with Crippen molar-refractivity contribution in [2.24, 2.45) is 0 Å². The van der Waals surface area contributed by atoms with Crippen molar-refractivity contribution in [2.75, 3.05) is 11.6 Å². The first-order valence-corrected chi connectivity index (χ1v) is 6.09. The van der Waals surface area contributed by atoms with E-state index in [4.69, 9.17) is 0 Å². The van der Waals surface area contributed by atoms with Crippen molar-refractivity contribution >= 4 is 21.4 Å². The number of benzene rings is 1. The van der Waals surface area contributed by atoms with Crippen LogP contribution in [0.4, 0.5) is 14.5 Å². The Bertz CT molecular complexity index is 499. The number of halogens is 2. The van der Waals surface area contributed by atoms with Crippen LogP contribution in [0.15, 0.2) is 29.2 Å². The summed E-state index contributed by atoms with van der Waals surface area (Å²) in [7, 11) is -3.56. The molecule has 0 aliphatic heterocycles. The maximum Gasteiger partial charge on any atom is 0.315 e. The molecule has 1 amide bonds. The van der Waals surface area contributed by atoms with Gasteiger partial charge in [0.25, 0.3) is 5.91 Å². The van der Waals surface area contributed by atoms with E-state index >= 15 is 0 Å². The number of carbonyl (C=O) groups is 1. The number of para-hydroxylation sites is 1. The highest BCUT2D eigenvalue weighted by Crippen LogP contribution is 2.20. The normalized spacial score (nSPS) is 11.5. The molecule has 1 aromatic carbocycles. The highest BCUT2D eigenvalue weighted by Gasteiger charge is 2.19. The number of rotatable bonds is 3. The maximum atomic E-state index is 12.0. The van der Waals surface area contributed by atoms with Crippen molar-refractivity contribution < 1.29 is 22.0 Å². The van der Waals surface area contributed by atoms with Gasteiger partial charge in [0, 0.05) is 6.26 Å². The van der Waals surface area contributed by atoms with Gasteiger partial charge in [-0.15, -0.1) is 0 Å². The van der Waals surface area contributed by atoms with Gasteiger partial charge >= 0.3 is 6.43 Å². The quantitative estimate of drug-likeness (QED) is 0.878. The zero-order valence-electron chi connectivity index (χ0n) is 8.28. The third-order valence-electron chi connectivity index (χ3n) is 1.74. The van der Waals surface area contributed by atoms with E-state index < -0.39 is 22.2 Å². The Kier molecular flexibility index (Phi) is 3.58. The molecule has 0 unspecified atom stereocenters. The van der Waals surface area contributed by atoms with Gasteiger partial charge < -0.3 is 5.32 Å². The van der Waals surface area contributed by atoms with Crippen LogP contribution < -0.4 is 5.32 Å². The fourth-order valence-electron chi connectivity index (χ4n) is 1.08. The summed E-state index contributed by atoms with van der Waals surface area (Å²) >= 11 is 0. The predicted molar refractivity (Wildman–Crippen MR) is 54.2 cm³/mol. The number of hydrogen-bond donors (Lipinski definition) is 1. The highest BCUT2D eigenvalue weighted by atomic mass is 32.2. The molecule has 0 atom stereocenters. The van der Waals surface area contributed by atoms with Gasteiger partial charge in [-0.1, -0.05) is 12.1 Å². The van der Waals surface area contributed by atoms with Gasteiger partial charge in [-0.25, -0.2) is 8.42 Å². The summed E-state index contributed by atoms with van der Waals surface area (Å²) in [5, 5.41) is 1.85. The average Bonchev–Trinajstić information content (AvgIpc) is 2.16. The van der Waals surface area contributed by atoms with Gasteiger partial charge in [-0.05, 0) is 12.1 Å². The molecule has 0 aliphatic rings. The minimum Gasteiger partial charge on any atom is -0.320 e. The van der Waals surface area contributed by atoms with E-state index in [0.717, 1.165) is 6.26 Å². The van der Waals surface area contributed by atoms with E-state index in [2.05, 4.69) is 0 Å². The van der Waals surface area contributed by atoms with Crippen LogP contribution in [0.1, 0.15) is 0 Å². The topological polar surface area (TPSA) is 63.2 Å². The Hall–Kier alpha value is -1.50. The lowest BCUT2D eigenvalue weighted by Gasteiger charge is -2.08. The molecular weight excluding hydrogens is 240 g/mol. The lowest BCUT2D eigenvalue weighted by Crippen LogP contribution is -2.21. The molecule has 0 aliphatic carbocycles. The van der Waals surface area contributed by atoms with Gasteiger partial charge in [0.15, 0.2) is 9.84 Å². The zero-order chi connectivity index (χ0) is 12.3. The van der Waals surface area contributed by atoms with E-state index in [9.17, 15) is 22.0 Å². The molecule has 7 heteroatoms. The number of alkyl halides is 2. The Morgan fingerprint density at radius 3 is 2.38 bits per heavy atom. The molecule has 88 valence electrons. The van der Waals surface area contributed by atoms with Crippen LogP contribution in [0.2, 0.25) is 0 Å². The second-order valence-corrected chi connectivity index (χ2v) is 5.04. The number of amides is 1. The van der Waals surface area contributed by atoms with Crippen LogP contribution in [-0.4, -0.2) is 27.0 Å². The summed E-state index contributed by atoms with van der Waals surface area (Å²) in [4.78, 5) is 10.5. The largest absolute Gasteiger partial charge is 0.320 e. The predicted octanol–water partition coefficient (Wildman–Crippen LogP) is 1.29. The minimum atomic E-state index is -3.56. The van der Waals surface area contributed by atoms with E-state index in [-0.39, 0.29) is 10.6 Å². The van der Waals surface area contributed by atoms with E-state index in [1.54, 1.807) is 0 Å². The Balaban J connectivity index is 3.11. The lowest BCUT2D eigenvalue weighted by atomic mass is 10.3. The number of hydrogen-bond acceptors (Lipinski definition) is 3. The number of sulfone groups is 1. The molecule has 4 nitrogen and oxygen atoms in total. The summed E-state index contributed by atoms with van der Waals surface area (Å²) in [6.45, 7) is 0. The van der Waals surface area contributed by atoms with Gasteiger partial charge in [0.05, 0.1) is 10.6 Å². The van der Waals surface area contributed by atoms with Crippen LogP contribution in [0.3, 0.4) is 0 Å². The third-order valence-corrected chi connectivity index (χ3v) is 2.90. The first-order chi connectivity index (χ1) is 7.32. The number of anilines is 1. The molecule has 16 heavy (non-hydrogen) atoms. The smallest absolute Gasteiger partial charge is 0.315 e. The van der Waals surface area contributed by atoms with Crippen molar-refractivity contribution in [1.82, 2.24) is 0 Å². The van der Waals surface area contributed by atoms with Crippen LogP contribution in [0.25, 0.3) is 0 Å². The first kappa shape index (κ1) is 12.6. The van der Waals surface area contributed by atoms with Crippen LogP contribution >= 0.6 is 0 Å². The Morgan fingerprint density at radius 2 is 1.88 bits per heavy atom. The third kappa shape index (κ3) is 2.99. The Morgan fingerprint density at radius 1 is 1.31 bits per heavy atom. The maximum absolute atomic E-state index is 12.0. The zero-order valence-corrected chi connectivity index (χ0v) is 9.09. The number of nitrogens with one attached hydrogen (secondary N) is 1. The molecule has 0 saturated heterocycles. The molecule has 1 rings (SSSR count). The second-order valence-electron chi connectivity index (χ2n) is 3.06. The van der Waals surface area contributed by atoms with Crippen LogP contribution in [0.5, 0.6) is 0 Å². The fraction of sp³-hybridized carbons (Fsp3) is 0.222. The lowest BCUT2D eigenvalue weighted by molar-refractivity contribution is -0.126. The summed E-state index contributed by atoms with van der Waals surface area (Å²) in [5.74, 6) is -1.53. The monoisotopic (exact) mass is 249 g/mol. The molecule has 0 heterocycles. The molecule has 1 aromatic rings. The summed E-state index contributed by atoms with van der Waals surface area (Å²) in [6.07, 6.45) is -2.26. The average molecular weight is 249 g/mol. The molecule has 0 aromatic heterocycles. The van der Waals surface area contributed by atoms with Crippen molar-refractivity contribution in [2.45, 2.75) is 11.3 Å². The molecule has 0 radical (unpaired) electrons. The summed E-state index contributed by atoms with van der Waals surface area (Å²) < 4.78 is 46.5. The number of carbonyl (C=O) groups excluding carboxylic acids is 1. The molecule has 0 bridgehead atoms. The van der Waals surface area contributed by atoms with Gasteiger partial charge in [-0.2, -0.15) is 8.78 Å². The van der Waals surface area contributed by atoms with Crippen molar-refractivity contribution in [3.8, 4) is 0 Å². The van der Waals surface area contributed by atoms with E-state index in [1.165, 1.54) is 24.3 Å². The van der Waals surface area contributed by atoms with Crippen LogP contribution in [0, 0.1) is 0 Å². The summed E-state index contributed by atoms with van der Waals surface area (Å²) in [6, 6.07) is 5.36. The Labute approximate surface area is 91.2 Å².